The molecule has 1 amide bonds. The number of aliphatic hydroxyl groups is 1. The van der Waals surface area contributed by atoms with Gasteiger partial charge in [0.25, 0.3) is 5.67 Å². The molecule has 322 valence electrons. The molecular formula is C43H63FN4O10. The number of para-hydroxylation sites is 2. The number of hydrogen-bond acceptors (Lipinski definition) is 12. The molecule has 14 nitrogen and oxygen atoms in total. The van der Waals surface area contributed by atoms with Crippen LogP contribution in [-0.2, 0) is 44.6 Å². The molecule has 0 aliphatic carbocycles. The number of cyclic esters (lactones) is 1. The zero-order valence-electron chi connectivity index (χ0n) is 35.4. The fraction of sp³-hybridized carbons (Fsp3) is 0.698. The maximum atomic E-state index is 16.9. The highest BCUT2D eigenvalue weighted by Crippen LogP contribution is 2.43. The summed E-state index contributed by atoms with van der Waals surface area (Å²) >= 11 is 0. The number of nitrogens with zero attached hydrogens (tertiary/aromatic N) is 3. The molecule has 1 aromatic carbocycles. The van der Waals surface area contributed by atoms with E-state index in [0.717, 1.165) is 18.0 Å². The number of amides is 1. The van der Waals surface area contributed by atoms with Gasteiger partial charge in [0.1, 0.15) is 18.0 Å². The highest BCUT2D eigenvalue weighted by atomic mass is 19.1. The molecule has 2 aromatic rings. The van der Waals surface area contributed by atoms with E-state index in [0.29, 0.717) is 32.4 Å². The standard InChI is InChI=1S/C43H63FN4O10/c1-11-19-45-30-22-26(4)55-38(34(30)50)57-37-28(6)36(51)42(8,44)39(52)56-32(12-2)43(9)35(27(5)33(49)25(3)23-41(37,7)54-10)48(40(53)58-43)21-16-15-20-47-24-46-29-17-13-14-18-31(29)47/h11,13-14,17-18,24-28,30,32,34-35,37-38,45,50H,1,12,15-16,19-23H2,2-10H3/t25-,26-,27+,28+,30+,32-,34+,35?,37-,38+,41-,42+,43-/m1/s1. The number of carbonyl (C=O) groups excluding carboxylic acids is 4. The number of fused-ring (bicyclic) bond motifs is 2. The molecule has 58 heavy (non-hydrogen) atoms. The zero-order chi connectivity index (χ0) is 42.7. The van der Waals surface area contributed by atoms with E-state index >= 15 is 4.39 Å². The lowest BCUT2D eigenvalue weighted by atomic mass is 9.73. The number of hydrogen-bond donors (Lipinski definition) is 2. The quantitative estimate of drug-likeness (QED) is 0.123. The van der Waals surface area contributed by atoms with Gasteiger partial charge < -0.3 is 43.6 Å². The van der Waals surface area contributed by atoms with Gasteiger partial charge in [-0.15, -0.1) is 6.58 Å². The Balaban J connectivity index is 1.48. The van der Waals surface area contributed by atoms with E-state index in [2.05, 4.69) is 16.9 Å². The molecule has 3 aliphatic rings. The second-order valence-electron chi connectivity index (χ2n) is 17.0. The number of alkyl halides is 1. The number of ketones is 2. The minimum atomic E-state index is -3.18. The first kappa shape index (κ1) is 45.3. The van der Waals surface area contributed by atoms with E-state index in [-0.39, 0.29) is 31.3 Å². The summed E-state index contributed by atoms with van der Waals surface area (Å²) in [7, 11) is 1.40. The predicted molar refractivity (Wildman–Crippen MR) is 213 cm³/mol. The average Bonchev–Trinajstić information content (AvgIpc) is 3.72. The Labute approximate surface area is 341 Å². The van der Waals surface area contributed by atoms with Gasteiger partial charge in [-0.2, -0.15) is 0 Å². The Kier molecular flexibility index (Phi) is 14.3. The van der Waals surface area contributed by atoms with Crippen molar-refractivity contribution in [3.8, 4) is 0 Å². The van der Waals surface area contributed by atoms with Gasteiger partial charge in [0, 0.05) is 50.5 Å². The predicted octanol–water partition coefficient (Wildman–Crippen LogP) is 5.33. The van der Waals surface area contributed by atoms with Crippen molar-refractivity contribution in [1.82, 2.24) is 19.8 Å². The van der Waals surface area contributed by atoms with Gasteiger partial charge in [0.2, 0.25) is 0 Å². The number of methoxy groups -OCH3 is 1. The number of imidazole rings is 1. The second kappa shape index (κ2) is 18.2. The number of Topliss-reactive ketones (excluding diaryl/α,β-unsaturated/α-hetero) is 2. The second-order valence-corrected chi connectivity index (χ2v) is 17.0. The third-order valence-electron chi connectivity index (χ3n) is 12.6. The van der Waals surface area contributed by atoms with Crippen molar-refractivity contribution in [3.63, 3.8) is 0 Å². The molecule has 4 heterocycles. The fourth-order valence-corrected chi connectivity index (χ4v) is 9.41. The molecule has 13 atom stereocenters. The van der Waals surface area contributed by atoms with Crippen LogP contribution in [0.5, 0.6) is 0 Å². The molecule has 3 fully saturated rings. The van der Waals surface area contributed by atoms with Crippen molar-refractivity contribution in [2.24, 2.45) is 17.8 Å². The van der Waals surface area contributed by atoms with Crippen LogP contribution in [0.1, 0.15) is 87.5 Å². The van der Waals surface area contributed by atoms with E-state index < -0.39 is 89.2 Å². The van der Waals surface area contributed by atoms with Gasteiger partial charge in [-0.05, 0) is 71.9 Å². The molecule has 3 saturated heterocycles. The number of benzene rings is 1. The summed E-state index contributed by atoms with van der Waals surface area (Å²) in [6.45, 7) is 17.5. The molecule has 0 spiro atoms. The van der Waals surface area contributed by atoms with E-state index in [1.807, 2.05) is 35.8 Å². The minimum Gasteiger partial charge on any atom is -0.455 e. The highest BCUT2D eigenvalue weighted by Gasteiger charge is 2.61. The lowest BCUT2D eigenvalue weighted by molar-refractivity contribution is -0.290. The van der Waals surface area contributed by atoms with Crippen LogP contribution in [-0.4, -0.2) is 123 Å². The van der Waals surface area contributed by atoms with Crippen LogP contribution in [0.4, 0.5) is 9.18 Å². The monoisotopic (exact) mass is 814 g/mol. The van der Waals surface area contributed by atoms with Crippen molar-refractivity contribution in [2.45, 2.75) is 154 Å². The highest BCUT2D eigenvalue weighted by molar-refractivity contribution is 6.08. The van der Waals surface area contributed by atoms with Gasteiger partial charge in [0.05, 0.1) is 41.2 Å². The van der Waals surface area contributed by atoms with Crippen molar-refractivity contribution < 1.29 is 52.4 Å². The van der Waals surface area contributed by atoms with Crippen LogP contribution in [0, 0.1) is 17.8 Å². The summed E-state index contributed by atoms with van der Waals surface area (Å²) in [4.78, 5) is 62.7. The van der Waals surface area contributed by atoms with Crippen LogP contribution in [0.25, 0.3) is 11.0 Å². The number of halogens is 1. The first-order valence-electron chi connectivity index (χ1n) is 20.6. The van der Waals surface area contributed by atoms with Crippen LogP contribution in [0.15, 0.2) is 43.2 Å². The summed E-state index contributed by atoms with van der Waals surface area (Å²) in [5.74, 6) is -5.80. The van der Waals surface area contributed by atoms with Gasteiger partial charge in [-0.1, -0.05) is 45.9 Å². The molecule has 0 bridgehead atoms. The number of aliphatic hydroxyl groups excluding tert-OH is 1. The van der Waals surface area contributed by atoms with Gasteiger partial charge >= 0.3 is 12.1 Å². The third-order valence-corrected chi connectivity index (χ3v) is 12.6. The third kappa shape index (κ3) is 8.89. The van der Waals surface area contributed by atoms with Gasteiger partial charge in [-0.25, -0.2) is 19.0 Å². The molecule has 15 heteroatoms. The van der Waals surface area contributed by atoms with Crippen LogP contribution >= 0.6 is 0 Å². The maximum absolute atomic E-state index is 16.9. The van der Waals surface area contributed by atoms with E-state index in [4.69, 9.17) is 23.7 Å². The SMILES string of the molecule is C=CCN[C@H]1C[C@@H](C)O[C@@H](O[C@@H]2[C@@H](C)C(=O)[C@](C)(F)C(=O)O[C@H](CC)[C@@]3(C)OC(=O)N(CCCCn4cnc5ccccc54)C3[C@@H](C)C(=O)[C@H](C)C[C@@]2(C)OC)[C@H]1O. The molecule has 2 N–H and O–H groups in total. The summed E-state index contributed by atoms with van der Waals surface area (Å²) in [5.41, 5.74) is -4.35. The van der Waals surface area contributed by atoms with Crippen molar-refractivity contribution in [1.29, 1.82) is 0 Å². The van der Waals surface area contributed by atoms with Crippen LogP contribution < -0.4 is 5.32 Å². The molecule has 0 radical (unpaired) electrons. The summed E-state index contributed by atoms with van der Waals surface area (Å²) in [5, 5.41) is 14.6. The normalized spacial score (nSPS) is 37.9. The number of aromatic nitrogens is 2. The number of aryl methyl sites for hydroxylation is 1. The van der Waals surface area contributed by atoms with Crippen molar-refractivity contribution in [3.05, 3.63) is 43.2 Å². The molecular weight excluding hydrogens is 751 g/mol. The van der Waals surface area contributed by atoms with Gasteiger partial charge in [0.15, 0.2) is 17.7 Å². The number of nitrogens with one attached hydrogen (secondary N) is 1. The zero-order valence-corrected chi connectivity index (χ0v) is 35.4. The fourth-order valence-electron chi connectivity index (χ4n) is 9.41. The van der Waals surface area contributed by atoms with Gasteiger partial charge in [-0.3, -0.25) is 9.59 Å². The lowest BCUT2D eigenvalue weighted by Gasteiger charge is -2.46. The Hall–Kier alpha value is -3.76. The summed E-state index contributed by atoms with van der Waals surface area (Å²) in [6, 6.07) is 6.43. The molecule has 0 saturated carbocycles. The van der Waals surface area contributed by atoms with Crippen LogP contribution in [0.3, 0.4) is 0 Å². The molecule has 1 aromatic heterocycles. The summed E-state index contributed by atoms with van der Waals surface area (Å²) < 4.78 is 49.5. The smallest absolute Gasteiger partial charge is 0.410 e. The Morgan fingerprint density at radius 2 is 1.76 bits per heavy atom. The minimum absolute atomic E-state index is 0.00672. The van der Waals surface area contributed by atoms with E-state index in [1.54, 1.807) is 47.0 Å². The number of unbranched alkanes of at least 4 members (excludes halogenated alkanes) is 1. The molecule has 1 unspecified atom stereocenters. The topological polar surface area (TPSA) is 168 Å². The summed E-state index contributed by atoms with van der Waals surface area (Å²) in [6.07, 6.45) is -0.877. The first-order valence-corrected chi connectivity index (χ1v) is 20.6. The number of ether oxygens (including phenoxy) is 5. The number of rotatable bonds is 12. The number of carbonyl (C=O) groups is 4. The molecule has 3 aliphatic heterocycles. The largest absolute Gasteiger partial charge is 0.455 e. The maximum Gasteiger partial charge on any atom is 0.410 e. The Morgan fingerprint density at radius 1 is 1.07 bits per heavy atom. The van der Waals surface area contributed by atoms with Crippen molar-refractivity contribution >= 4 is 34.7 Å². The van der Waals surface area contributed by atoms with Crippen LogP contribution in [0.2, 0.25) is 0 Å². The number of esters is 1. The average molecular weight is 815 g/mol. The first-order chi connectivity index (χ1) is 27.3. The van der Waals surface area contributed by atoms with E-state index in [1.165, 1.54) is 18.9 Å². The Bertz CT molecular complexity index is 1800. The van der Waals surface area contributed by atoms with E-state index in [9.17, 15) is 24.3 Å². The van der Waals surface area contributed by atoms with Crippen molar-refractivity contribution in [2.75, 3.05) is 20.2 Å². The Morgan fingerprint density at radius 3 is 2.43 bits per heavy atom. The lowest BCUT2D eigenvalue weighted by Crippen LogP contribution is -2.62. The molecule has 5 rings (SSSR count).